The van der Waals surface area contributed by atoms with Crippen LogP contribution in [0.5, 0.6) is 0 Å². The lowest BCUT2D eigenvalue weighted by Crippen LogP contribution is -2.51. The van der Waals surface area contributed by atoms with E-state index in [0.717, 1.165) is 35.6 Å². The molecule has 4 heterocycles. The second kappa shape index (κ2) is 10.5. The van der Waals surface area contributed by atoms with Gasteiger partial charge in [-0.15, -0.1) is 0 Å². The maximum absolute atomic E-state index is 13.3. The number of rotatable bonds is 6. The van der Waals surface area contributed by atoms with Crippen molar-refractivity contribution in [3.8, 4) is 11.1 Å². The Bertz CT molecular complexity index is 1260. The molecule has 3 aromatic rings. The molecule has 0 saturated carbocycles. The number of morpholine rings is 1. The first-order valence-electron chi connectivity index (χ1n) is 12.2. The molecule has 0 bridgehead atoms. The van der Waals surface area contributed by atoms with Crippen LogP contribution in [0, 0.1) is 6.92 Å². The Morgan fingerprint density at radius 3 is 2.33 bits per heavy atom. The summed E-state index contributed by atoms with van der Waals surface area (Å²) in [6, 6.07) is 14.4. The van der Waals surface area contributed by atoms with E-state index in [9.17, 15) is 13.5 Å². The zero-order chi connectivity index (χ0) is 25.1. The summed E-state index contributed by atoms with van der Waals surface area (Å²) in [6.45, 7) is 5.36. The maximum Gasteiger partial charge on any atom is 0.243 e. The number of hydrogen-bond donors (Lipinski definition) is 2. The summed E-state index contributed by atoms with van der Waals surface area (Å²) >= 11 is 0. The fourth-order valence-corrected chi connectivity index (χ4v) is 6.01. The number of nitrogens with zero attached hydrogens (tertiary/aromatic N) is 4. The predicted molar refractivity (Wildman–Crippen MR) is 138 cm³/mol. The van der Waals surface area contributed by atoms with Crippen molar-refractivity contribution in [2.24, 2.45) is 0 Å². The Kier molecular flexibility index (Phi) is 7.20. The van der Waals surface area contributed by atoms with Crippen molar-refractivity contribution in [3.63, 3.8) is 0 Å². The monoisotopic (exact) mass is 509 g/mol. The summed E-state index contributed by atoms with van der Waals surface area (Å²) in [5.74, 6) is 1.58. The highest BCUT2D eigenvalue weighted by Gasteiger charge is 2.34. The Hall–Kier alpha value is -3.05. The summed E-state index contributed by atoms with van der Waals surface area (Å²) in [6.07, 6.45) is 3.21. The molecule has 9 nitrogen and oxygen atoms in total. The van der Waals surface area contributed by atoms with Gasteiger partial charge >= 0.3 is 0 Å². The molecule has 2 fully saturated rings. The van der Waals surface area contributed by atoms with Crippen LogP contribution >= 0.6 is 0 Å². The molecule has 2 N–H and O–H groups in total. The molecule has 2 atom stereocenters. The van der Waals surface area contributed by atoms with E-state index in [1.165, 1.54) is 4.31 Å². The number of β-amino-alcohol motifs (C(OH)–C–C–N with tert-alkyl or cyclic N) is 1. The summed E-state index contributed by atoms with van der Waals surface area (Å²) < 4.78 is 33.3. The smallest absolute Gasteiger partial charge is 0.243 e. The van der Waals surface area contributed by atoms with Crippen molar-refractivity contribution in [3.05, 3.63) is 66.5 Å². The van der Waals surface area contributed by atoms with Gasteiger partial charge in [0.15, 0.2) is 0 Å². The first kappa shape index (κ1) is 24.6. The number of ether oxygens (including phenoxy) is 1. The van der Waals surface area contributed by atoms with E-state index in [1.807, 2.05) is 37.4 Å². The second-order valence-electron chi connectivity index (χ2n) is 9.22. The first-order chi connectivity index (χ1) is 17.4. The normalized spacial score (nSPS) is 21.3. The number of aliphatic hydroxyl groups excluding tert-OH is 1. The van der Waals surface area contributed by atoms with E-state index in [1.54, 1.807) is 30.5 Å². The molecule has 0 amide bonds. The molecular weight excluding hydrogens is 478 g/mol. The van der Waals surface area contributed by atoms with E-state index in [2.05, 4.69) is 20.2 Å². The van der Waals surface area contributed by atoms with Crippen LogP contribution < -0.4 is 10.2 Å². The third-order valence-corrected chi connectivity index (χ3v) is 8.58. The molecule has 0 unspecified atom stereocenters. The van der Waals surface area contributed by atoms with E-state index in [-0.39, 0.29) is 17.5 Å². The Morgan fingerprint density at radius 2 is 1.69 bits per heavy atom. The Labute approximate surface area is 211 Å². The summed E-state index contributed by atoms with van der Waals surface area (Å²) in [5, 5.41) is 13.9. The van der Waals surface area contributed by atoms with E-state index in [4.69, 9.17) is 4.74 Å². The molecule has 0 spiro atoms. The lowest BCUT2D eigenvalue weighted by Gasteiger charge is -2.35. The fraction of sp³-hybridized carbons (Fsp3) is 0.385. The van der Waals surface area contributed by atoms with Gasteiger partial charge in [-0.3, -0.25) is 0 Å². The number of aryl methyl sites for hydroxylation is 1. The lowest BCUT2D eigenvalue weighted by atomic mass is 10.0. The molecule has 0 radical (unpaired) electrons. The van der Waals surface area contributed by atoms with Gasteiger partial charge in [-0.25, -0.2) is 18.4 Å². The summed E-state index contributed by atoms with van der Waals surface area (Å²) in [5.41, 5.74) is 2.86. The van der Waals surface area contributed by atoms with Crippen molar-refractivity contribution in [1.82, 2.24) is 14.3 Å². The molecule has 1 aromatic carbocycles. The van der Waals surface area contributed by atoms with Gasteiger partial charge in [-0.05, 0) is 54.8 Å². The maximum atomic E-state index is 13.3. The van der Waals surface area contributed by atoms with E-state index < -0.39 is 16.1 Å². The number of aliphatic hydroxyl groups is 1. The molecule has 2 aliphatic heterocycles. The van der Waals surface area contributed by atoms with Crippen LogP contribution in [-0.2, 0) is 14.8 Å². The minimum absolute atomic E-state index is 0.0283. The zero-order valence-corrected chi connectivity index (χ0v) is 21.1. The largest absolute Gasteiger partial charge is 0.390 e. The van der Waals surface area contributed by atoms with Crippen molar-refractivity contribution >= 4 is 21.7 Å². The van der Waals surface area contributed by atoms with Gasteiger partial charge in [-0.1, -0.05) is 18.2 Å². The van der Waals surface area contributed by atoms with Gasteiger partial charge in [0.2, 0.25) is 10.0 Å². The third-order valence-electron chi connectivity index (χ3n) is 6.70. The molecule has 2 aliphatic rings. The highest BCUT2D eigenvalue weighted by atomic mass is 32.2. The minimum atomic E-state index is -3.72. The van der Waals surface area contributed by atoms with Crippen LogP contribution in [0.2, 0.25) is 0 Å². The molecular formula is C26H31N5O4S. The van der Waals surface area contributed by atoms with Crippen LogP contribution in [0.4, 0.5) is 11.6 Å². The van der Waals surface area contributed by atoms with Crippen LogP contribution in [0.25, 0.3) is 11.1 Å². The first-order valence-corrected chi connectivity index (χ1v) is 13.6. The number of nitrogens with one attached hydrogen (secondary N) is 1. The van der Waals surface area contributed by atoms with Gasteiger partial charge in [0.1, 0.15) is 11.6 Å². The van der Waals surface area contributed by atoms with Crippen LogP contribution in [0.1, 0.15) is 12.0 Å². The van der Waals surface area contributed by atoms with Gasteiger partial charge in [-0.2, -0.15) is 4.31 Å². The van der Waals surface area contributed by atoms with Gasteiger partial charge in [0.25, 0.3) is 0 Å². The number of benzene rings is 1. The SMILES string of the molecule is Cc1ccc(N[C@@H]2CCN(S(=O)(=O)c3ccc(-c4ccc(N5CCOCC5)nc4)cc3)C[C@@H]2O)nc1. The third kappa shape index (κ3) is 5.36. The molecule has 190 valence electrons. The Morgan fingerprint density at radius 1 is 0.944 bits per heavy atom. The van der Waals surface area contributed by atoms with Crippen LogP contribution in [-0.4, -0.2) is 79.3 Å². The highest BCUT2D eigenvalue weighted by Crippen LogP contribution is 2.26. The van der Waals surface area contributed by atoms with Gasteiger partial charge in [0, 0.05) is 44.1 Å². The van der Waals surface area contributed by atoms with Crippen molar-refractivity contribution < 1.29 is 18.3 Å². The quantitative estimate of drug-likeness (QED) is 0.522. The number of hydrogen-bond acceptors (Lipinski definition) is 8. The molecule has 2 aromatic heterocycles. The molecule has 10 heteroatoms. The fourth-order valence-electron chi connectivity index (χ4n) is 4.54. The lowest BCUT2D eigenvalue weighted by molar-refractivity contribution is 0.0949. The topological polar surface area (TPSA) is 108 Å². The molecule has 2 saturated heterocycles. The number of sulfonamides is 1. The summed E-state index contributed by atoms with van der Waals surface area (Å²) in [4.78, 5) is 11.3. The highest BCUT2D eigenvalue weighted by molar-refractivity contribution is 7.89. The van der Waals surface area contributed by atoms with Gasteiger partial charge < -0.3 is 20.1 Å². The zero-order valence-electron chi connectivity index (χ0n) is 20.2. The number of piperidine rings is 1. The van der Waals surface area contributed by atoms with E-state index >= 15 is 0 Å². The summed E-state index contributed by atoms with van der Waals surface area (Å²) in [7, 11) is -3.72. The number of aromatic nitrogens is 2. The van der Waals surface area contributed by atoms with Crippen molar-refractivity contribution in [1.29, 1.82) is 0 Å². The average Bonchev–Trinajstić information content (AvgIpc) is 2.92. The number of anilines is 2. The number of pyridine rings is 2. The standard InChI is InChI=1S/C26H31N5O4S/c1-19-2-8-25(27-16-19)29-23-10-11-31(18-24(23)32)36(33,34)22-6-3-20(4-7-22)21-5-9-26(28-17-21)30-12-14-35-15-13-30/h2-9,16-17,23-24,32H,10-15,18H2,1H3,(H,27,29)/t23-,24+/m1/s1. The van der Waals surface area contributed by atoms with E-state index in [0.29, 0.717) is 32.0 Å². The second-order valence-corrected chi connectivity index (χ2v) is 11.2. The Balaban J connectivity index is 1.23. The predicted octanol–water partition coefficient (Wildman–Crippen LogP) is 2.52. The minimum Gasteiger partial charge on any atom is -0.390 e. The van der Waals surface area contributed by atoms with Crippen LogP contribution in [0.15, 0.2) is 65.8 Å². The molecule has 36 heavy (non-hydrogen) atoms. The van der Waals surface area contributed by atoms with Crippen molar-refractivity contribution in [2.75, 3.05) is 49.6 Å². The van der Waals surface area contributed by atoms with Crippen LogP contribution in [0.3, 0.4) is 0 Å². The molecule has 0 aliphatic carbocycles. The average molecular weight is 510 g/mol. The van der Waals surface area contributed by atoms with Crippen molar-refractivity contribution in [2.45, 2.75) is 30.4 Å². The van der Waals surface area contributed by atoms with Gasteiger partial charge in [0.05, 0.1) is 30.3 Å². The molecule has 5 rings (SSSR count).